The summed E-state index contributed by atoms with van der Waals surface area (Å²) in [6.07, 6.45) is 0.658. The quantitative estimate of drug-likeness (QED) is 0.380. The van der Waals surface area contributed by atoms with E-state index in [4.69, 9.17) is 0 Å². The van der Waals surface area contributed by atoms with Crippen LogP contribution in [0.1, 0.15) is 39.1 Å². The fourth-order valence-corrected chi connectivity index (χ4v) is 4.44. The van der Waals surface area contributed by atoms with Crippen LogP contribution in [0.15, 0.2) is 58.1 Å². The third-order valence-electron chi connectivity index (χ3n) is 6.09. The fourth-order valence-electron chi connectivity index (χ4n) is 4.44. The molecule has 10 heteroatoms. The van der Waals surface area contributed by atoms with Crippen molar-refractivity contribution in [2.75, 3.05) is 0 Å². The van der Waals surface area contributed by atoms with Gasteiger partial charge in [-0.15, -0.1) is 10.2 Å². The van der Waals surface area contributed by atoms with E-state index in [9.17, 15) is 9.59 Å². The minimum Gasteiger partial charge on any atom is -0.318 e. The molecule has 3 aromatic heterocycles. The summed E-state index contributed by atoms with van der Waals surface area (Å²) < 4.78 is 3.15. The first-order valence-corrected chi connectivity index (χ1v) is 11.9. The van der Waals surface area contributed by atoms with Gasteiger partial charge in [-0.1, -0.05) is 69.3 Å². The molecule has 0 spiro atoms. The Kier molecular flexibility index (Phi) is 5.87. The van der Waals surface area contributed by atoms with Crippen LogP contribution in [0.4, 0.5) is 0 Å². The summed E-state index contributed by atoms with van der Waals surface area (Å²) in [5.41, 5.74) is 3.85. The van der Waals surface area contributed by atoms with Crippen molar-refractivity contribution in [3.8, 4) is 22.5 Å². The van der Waals surface area contributed by atoms with E-state index in [2.05, 4.69) is 51.4 Å². The molecule has 0 fully saturated rings. The molecule has 10 nitrogen and oxygen atoms in total. The molecule has 3 heterocycles. The minimum absolute atomic E-state index is 0.0497. The molecule has 0 unspecified atom stereocenters. The summed E-state index contributed by atoms with van der Waals surface area (Å²) >= 11 is 0. The third-order valence-corrected chi connectivity index (χ3v) is 6.09. The van der Waals surface area contributed by atoms with Gasteiger partial charge in [0.25, 0.3) is 5.56 Å². The Labute approximate surface area is 207 Å². The minimum atomic E-state index is -0.438. The van der Waals surface area contributed by atoms with Gasteiger partial charge >= 0.3 is 5.69 Å². The first-order valence-electron chi connectivity index (χ1n) is 11.9. The van der Waals surface area contributed by atoms with Gasteiger partial charge in [0.15, 0.2) is 11.2 Å². The zero-order valence-corrected chi connectivity index (χ0v) is 20.7. The second-order valence-corrected chi connectivity index (χ2v) is 10.0. The van der Waals surface area contributed by atoms with E-state index in [-0.39, 0.29) is 11.0 Å². The Hall–Kier alpha value is -4.34. The maximum atomic E-state index is 13.2. The van der Waals surface area contributed by atoms with Crippen molar-refractivity contribution in [1.29, 1.82) is 0 Å². The van der Waals surface area contributed by atoms with Gasteiger partial charge in [-0.25, -0.2) is 9.78 Å². The smallest absolute Gasteiger partial charge is 0.318 e. The molecule has 2 aromatic carbocycles. The summed E-state index contributed by atoms with van der Waals surface area (Å²) in [5.74, 6) is 1.30. The number of aromatic amines is 2. The van der Waals surface area contributed by atoms with E-state index in [0.29, 0.717) is 36.5 Å². The highest BCUT2D eigenvalue weighted by molar-refractivity contribution is 5.80. The molecule has 2 N–H and O–H groups in total. The van der Waals surface area contributed by atoms with Crippen molar-refractivity contribution in [3.63, 3.8) is 0 Å². The van der Waals surface area contributed by atoms with Crippen molar-refractivity contribution < 1.29 is 0 Å². The first kappa shape index (κ1) is 23.4. The lowest BCUT2D eigenvalue weighted by molar-refractivity contribution is 0.394. The molecule has 0 amide bonds. The van der Waals surface area contributed by atoms with Gasteiger partial charge < -0.3 is 4.57 Å². The normalized spacial score (nSPS) is 11.9. The molecular formula is C26H28N8O2. The van der Waals surface area contributed by atoms with E-state index < -0.39 is 5.69 Å². The van der Waals surface area contributed by atoms with Crippen LogP contribution in [0, 0.1) is 5.41 Å². The number of H-pyrrole nitrogens is 2. The Balaban J connectivity index is 1.56. The maximum absolute atomic E-state index is 13.2. The van der Waals surface area contributed by atoms with Crippen LogP contribution < -0.4 is 11.2 Å². The molecule has 5 rings (SSSR count). The summed E-state index contributed by atoms with van der Waals surface area (Å²) in [4.78, 5) is 33.1. The SMILES string of the molecule is CCn1c(=O)[nH]c2nc(CC(C)(C)C)n(Cc3ccc(-c4ccccc4-c4nn[nH]n4)cc3)c2c1=O. The number of imidazole rings is 1. The Bertz CT molecular complexity index is 1640. The van der Waals surface area contributed by atoms with Crippen LogP contribution in [-0.4, -0.2) is 39.7 Å². The van der Waals surface area contributed by atoms with Crippen molar-refractivity contribution >= 4 is 11.2 Å². The molecule has 0 aliphatic rings. The number of rotatable bonds is 6. The largest absolute Gasteiger partial charge is 0.330 e. The lowest BCUT2D eigenvalue weighted by atomic mass is 9.92. The monoisotopic (exact) mass is 484 g/mol. The number of benzene rings is 2. The number of aromatic nitrogens is 8. The molecule has 0 bridgehead atoms. The second-order valence-electron chi connectivity index (χ2n) is 10.0. The molecule has 0 aliphatic carbocycles. The maximum Gasteiger partial charge on any atom is 0.330 e. The van der Waals surface area contributed by atoms with Crippen LogP contribution >= 0.6 is 0 Å². The van der Waals surface area contributed by atoms with Gasteiger partial charge in [0.05, 0.1) is 0 Å². The highest BCUT2D eigenvalue weighted by atomic mass is 16.2. The zero-order chi connectivity index (χ0) is 25.4. The van der Waals surface area contributed by atoms with Crippen LogP contribution in [0.2, 0.25) is 0 Å². The van der Waals surface area contributed by atoms with Crippen LogP contribution in [0.3, 0.4) is 0 Å². The number of nitrogens with one attached hydrogen (secondary N) is 2. The number of nitrogens with zero attached hydrogens (tertiary/aromatic N) is 6. The Morgan fingerprint density at radius 2 is 1.67 bits per heavy atom. The highest BCUT2D eigenvalue weighted by Gasteiger charge is 2.22. The predicted octanol–water partition coefficient (Wildman–Crippen LogP) is 3.39. The van der Waals surface area contributed by atoms with Crippen LogP contribution in [-0.2, 0) is 19.5 Å². The van der Waals surface area contributed by atoms with Crippen LogP contribution in [0.25, 0.3) is 33.7 Å². The number of hydrogen-bond acceptors (Lipinski definition) is 6. The first-order chi connectivity index (χ1) is 17.2. The van der Waals surface area contributed by atoms with Gasteiger partial charge in [0.2, 0.25) is 5.82 Å². The van der Waals surface area contributed by atoms with E-state index >= 15 is 0 Å². The van der Waals surface area contributed by atoms with Crippen LogP contribution in [0.5, 0.6) is 0 Å². The van der Waals surface area contributed by atoms with Crippen molar-refractivity contribution in [1.82, 2.24) is 39.7 Å². The molecule has 0 saturated heterocycles. The molecule has 0 atom stereocenters. The van der Waals surface area contributed by atoms with E-state index in [0.717, 1.165) is 28.1 Å². The Morgan fingerprint density at radius 3 is 2.31 bits per heavy atom. The molecule has 0 radical (unpaired) electrons. The molecule has 5 aromatic rings. The lowest BCUT2D eigenvalue weighted by Crippen LogP contribution is -2.35. The van der Waals surface area contributed by atoms with E-state index in [1.54, 1.807) is 6.92 Å². The summed E-state index contributed by atoms with van der Waals surface area (Å²) in [6, 6.07) is 16.1. The Morgan fingerprint density at radius 1 is 0.944 bits per heavy atom. The van der Waals surface area contributed by atoms with Crippen molar-refractivity contribution in [2.24, 2.45) is 5.41 Å². The average Bonchev–Trinajstić information content (AvgIpc) is 3.48. The predicted molar refractivity (Wildman–Crippen MR) is 138 cm³/mol. The van der Waals surface area contributed by atoms with Gasteiger partial charge in [0, 0.05) is 25.1 Å². The lowest BCUT2D eigenvalue weighted by Gasteiger charge is -2.19. The highest BCUT2D eigenvalue weighted by Crippen LogP contribution is 2.30. The summed E-state index contributed by atoms with van der Waals surface area (Å²) in [6.45, 7) is 8.90. The summed E-state index contributed by atoms with van der Waals surface area (Å²) in [5, 5.41) is 14.4. The number of tetrazole rings is 1. The van der Waals surface area contributed by atoms with Crippen molar-refractivity contribution in [3.05, 3.63) is 80.8 Å². The van der Waals surface area contributed by atoms with Gasteiger partial charge in [-0.05, 0) is 34.2 Å². The zero-order valence-electron chi connectivity index (χ0n) is 20.7. The average molecular weight is 485 g/mol. The van der Waals surface area contributed by atoms with Crippen molar-refractivity contribution in [2.45, 2.75) is 47.2 Å². The summed E-state index contributed by atoms with van der Waals surface area (Å²) in [7, 11) is 0. The molecule has 0 saturated carbocycles. The number of hydrogen-bond donors (Lipinski definition) is 2. The standard InChI is InChI=1S/C26H28N8O2/c1-5-33-24(35)21-23(28-25(33)36)27-20(14-26(2,3)4)34(21)15-16-10-12-17(13-11-16)18-8-6-7-9-19(18)22-29-31-32-30-22/h6-13H,5,14-15H2,1-4H3,(H,28,36)(H,29,30,31,32). The topological polar surface area (TPSA) is 127 Å². The van der Waals surface area contributed by atoms with E-state index in [1.165, 1.54) is 4.57 Å². The molecule has 36 heavy (non-hydrogen) atoms. The fraction of sp³-hybridized carbons (Fsp3) is 0.308. The molecule has 0 aliphatic heterocycles. The third kappa shape index (κ3) is 4.37. The van der Waals surface area contributed by atoms with Gasteiger partial charge in [-0.3, -0.25) is 14.3 Å². The van der Waals surface area contributed by atoms with E-state index in [1.807, 2.05) is 53.1 Å². The molecule has 184 valence electrons. The molecular weight excluding hydrogens is 456 g/mol. The van der Waals surface area contributed by atoms with Gasteiger partial charge in [-0.2, -0.15) is 5.21 Å². The second kappa shape index (κ2) is 9.03. The van der Waals surface area contributed by atoms with Gasteiger partial charge in [0.1, 0.15) is 5.82 Å². The number of fused-ring (bicyclic) bond motifs is 1.